The van der Waals surface area contributed by atoms with Gasteiger partial charge in [-0.1, -0.05) is 6.42 Å². The molecule has 0 aliphatic heterocycles. The van der Waals surface area contributed by atoms with Crippen LogP contribution in [0, 0.1) is 5.92 Å². The smallest absolute Gasteiger partial charge is 0.229 e. The highest BCUT2D eigenvalue weighted by Gasteiger charge is 2.27. The van der Waals surface area contributed by atoms with Crippen molar-refractivity contribution in [3.8, 4) is 0 Å². The van der Waals surface area contributed by atoms with Crippen molar-refractivity contribution < 1.29 is 4.79 Å². The Balaban J connectivity index is 1.69. The van der Waals surface area contributed by atoms with Crippen LogP contribution < -0.4 is 11.1 Å². The van der Waals surface area contributed by atoms with E-state index in [1.54, 1.807) is 11.3 Å². The topological polar surface area (TPSA) is 68.0 Å². The minimum Gasteiger partial charge on any atom is -0.327 e. The summed E-state index contributed by atoms with van der Waals surface area (Å²) >= 11 is 1.60. The zero-order valence-electron chi connectivity index (χ0n) is 9.74. The number of fused-ring (bicyclic) bond motifs is 1. The van der Waals surface area contributed by atoms with Crippen molar-refractivity contribution in [1.29, 1.82) is 0 Å². The Bertz CT molecular complexity index is 439. The van der Waals surface area contributed by atoms with Crippen LogP contribution in [-0.4, -0.2) is 16.9 Å². The molecule has 0 bridgehead atoms. The molecule has 3 N–H and O–H groups in total. The molecule has 0 aromatic carbocycles. The van der Waals surface area contributed by atoms with Crippen molar-refractivity contribution in [3.05, 3.63) is 10.6 Å². The molecule has 0 unspecified atom stereocenters. The van der Waals surface area contributed by atoms with E-state index in [1.807, 2.05) is 0 Å². The van der Waals surface area contributed by atoms with Crippen LogP contribution in [0.25, 0.3) is 0 Å². The molecule has 0 saturated heterocycles. The maximum Gasteiger partial charge on any atom is 0.229 e. The maximum atomic E-state index is 11.8. The molecule has 0 radical (unpaired) electrons. The van der Waals surface area contributed by atoms with Gasteiger partial charge in [0.05, 0.1) is 5.69 Å². The van der Waals surface area contributed by atoms with Gasteiger partial charge in [0.15, 0.2) is 5.13 Å². The Labute approximate surface area is 105 Å². The molecule has 1 saturated carbocycles. The number of nitrogens with one attached hydrogen (secondary N) is 1. The van der Waals surface area contributed by atoms with Crippen LogP contribution in [0.4, 0.5) is 5.13 Å². The van der Waals surface area contributed by atoms with E-state index in [9.17, 15) is 4.79 Å². The van der Waals surface area contributed by atoms with E-state index < -0.39 is 0 Å². The molecule has 2 aliphatic rings. The molecule has 1 fully saturated rings. The summed E-state index contributed by atoms with van der Waals surface area (Å²) in [5.41, 5.74) is 7.07. The fourth-order valence-corrected chi connectivity index (χ4v) is 3.44. The third kappa shape index (κ3) is 2.21. The van der Waals surface area contributed by atoms with E-state index in [4.69, 9.17) is 5.73 Å². The number of aryl methyl sites for hydroxylation is 1. The number of aromatic nitrogens is 1. The molecule has 1 atom stereocenters. The predicted octanol–water partition coefficient (Wildman–Crippen LogP) is 1.70. The highest BCUT2D eigenvalue weighted by atomic mass is 32.1. The summed E-state index contributed by atoms with van der Waals surface area (Å²) in [4.78, 5) is 17.6. The summed E-state index contributed by atoms with van der Waals surface area (Å²) in [5, 5.41) is 3.71. The molecule has 92 valence electrons. The number of carbonyl (C=O) groups excluding carboxylic acids is 1. The van der Waals surface area contributed by atoms with Gasteiger partial charge in [-0.25, -0.2) is 4.98 Å². The van der Waals surface area contributed by atoms with Crippen molar-refractivity contribution in [2.75, 3.05) is 5.32 Å². The summed E-state index contributed by atoms with van der Waals surface area (Å²) < 4.78 is 0. The average Bonchev–Trinajstić information content (AvgIpc) is 2.55. The van der Waals surface area contributed by atoms with Crippen LogP contribution in [0.5, 0.6) is 0 Å². The van der Waals surface area contributed by atoms with Gasteiger partial charge in [-0.15, -0.1) is 11.3 Å². The zero-order chi connectivity index (χ0) is 11.8. The standard InChI is InChI=1S/C12H17N3OS/c13-8-4-5-9-10(6-8)17-12(14-9)15-11(16)7-2-1-3-7/h7-8H,1-6,13H2,(H,14,15,16)/t8-/m0/s1. The summed E-state index contributed by atoms with van der Waals surface area (Å²) in [5.74, 6) is 0.366. The van der Waals surface area contributed by atoms with Crippen LogP contribution in [0.15, 0.2) is 0 Å². The molecule has 1 aromatic heterocycles. The van der Waals surface area contributed by atoms with Crippen molar-refractivity contribution in [1.82, 2.24) is 4.98 Å². The molecular weight excluding hydrogens is 234 g/mol. The van der Waals surface area contributed by atoms with Gasteiger partial charge < -0.3 is 11.1 Å². The summed E-state index contributed by atoms with van der Waals surface area (Å²) in [6, 6.07) is 0.262. The Morgan fingerprint density at radius 3 is 2.94 bits per heavy atom. The highest BCUT2D eigenvalue weighted by Crippen LogP contribution is 2.31. The molecule has 2 aliphatic carbocycles. The molecular formula is C12H17N3OS. The minimum absolute atomic E-state index is 0.145. The second-order valence-electron chi connectivity index (χ2n) is 5.01. The Morgan fingerprint density at radius 2 is 2.24 bits per heavy atom. The molecule has 1 aromatic rings. The highest BCUT2D eigenvalue weighted by molar-refractivity contribution is 7.15. The molecule has 0 spiro atoms. The van der Waals surface area contributed by atoms with E-state index in [-0.39, 0.29) is 17.9 Å². The fraction of sp³-hybridized carbons (Fsp3) is 0.667. The first kappa shape index (κ1) is 11.2. The van der Waals surface area contributed by atoms with E-state index in [0.29, 0.717) is 0 Å². The first-order valence-electron chi connectivity index (χ1n) is 6.27. The van der Waals surface area contributed by atoms with Gasteiger partial charge in [0, 0.05) is 16.8 Å². The lowest BCUT2D eigenvalue weighted by Gasteiger charge is -2.23. The van der Waals surface area contributed by atoms with E-state index in [1.165, 1.54) is 11.3 Å². The number of carbonyl (C=O) groups is 1. The van der Waals surface area contributed by atoms with Gasteiger partial charge >= 0.3 is 0 Å². The van der Waals surface area contributed by atoms with Gasteiger partial charge in [0.25, 0.3) is 0 Å². The number of thiazole rings is 1. The largest absolute Gasteiger partial charge is 0.327 e. The van der Waals surface area contributed by atoms with Crippen molar-refractivity contribution in [2.45, 2.75) is 44.6 Å². The second kappa shape index (κ2) is 4.38. The third-order valence-electron chi connectivity index (χ3n) is 3.68. The average molecular weight is 251 g/mol. The lowest BCUT2D eigenvalue weighted by atomic mass is 9.85. The SMILES string of the molecule is N[C@H]1CCc2nc(NC(=O)C3CCC3)sc2C1. The van der Waals surface area contributed by atoms with Crippen molar-refractivity contribution >= 4 is 22.4 Å². The number of rotatable bonds is 2. The number of nitrogens with zero attached hydrogens (tertiary/aromatic N) is 1. The lowest BCUT2D eigenvalue weighted by Crippen LogP contribution is -2.28. The maximum absolute atomic E-state index is 11.8. The third-order valence-corrected chi connectivity index (χ3v) is 4.72. The van der Waals surface area contributed by atoms with Gasteiger partial charge in [0.1, 0.15) is 0 Å². The number of hydrogen-bond acceptors (Lipinski definition) is 4. The van der Waals surface area contributed by atoms with Gasteiger partial charge in [-0.2, -0.15) is 0 Å². The quantitative estimate of drug-likeness (QED) is 0.840. The predicted molar refractivity (Wildman–Crippen MR) is 68.1 cm³/mol. The summed E-state index contributed by atoms with van der Waals surface area (Å²) in [6.45, 7) is 0. The molecule has 1 heterocycles. The van der Waals surface area contributed by atoms with Crippen LogP contribution in [0.1, 0.15) is 36.3 Å². The second-order valence-corrected chi connectivity index (χ2v) is 6.09. The Morgan fingerprint density at radius 1 is 1.41 bits per heavy atom. The first-order chi connectivity index (χ1) is 8.22. The summed E-state index contributed by atoms with van der Waals surface area (Å²) in [6.07, 6.45) is 6.11. The van der Waals surface area contributed by atoms with Crippen molar-refractivity contribution in [2.24, 2.45) is 11.7 Å². The van der Waals surface area contributed by atoms with Crippen LogP contribution in [-0.2, 0) is 17.6 Å². The first-order valence-corrected chi connectivity index (χ1v) is 7.09. The van der Waals surface area contributed by atoms with Crippen LogP contribution >= 0.6 is 11.3 Å². The van der Waals surface area contributed by atoms with E-state index in [2.05, 4.69) is 10.3 Å². The minimum atomic E-state index is 0.145. The molecule has 5 heteroatoms. The van der Waals surface area contributed by atoms with Gasteiger partial charge in [-0.05, 0) is 32.1 Å². The number of hydrogen-bond donors (Lipinski definition) is 2. The molecule has 4 nitrogen and oxygen atoms in total. The lowest BCUT2D eigenvalue weighted by molar-refractivity contribution is -0.122. The number of nitrogens with two attached hydrogens (primary N) is 1. The summed E-state index contributed by atoms with van der Waals surface area (Å²) in [7, 11) is 0. The zero-order valence-corrected chi connectivity index (χ0v) is 10.6. The van der Waals surface area contributed by atoms with Crippen molar-refractivity contribution in [3.63, 3.8) is 0 Å². The van der Waals surface area contributed by atoms with E-state index >= 15 is 0 Å². The monoisotopic (exact) mass is 251 g/mol. The Hall–Kier alpha value is -0.940. The molecule has 1 amide bonds. The molecule has 3 rings (SSSR count). The fourth-order valence-electron chi connectivity index (χ4n) is 2.33. The molecule has 17 heavy (non-hydrogen) atoms. The number of anilines is 1. The van der Waals surface area contributed by atoms with Crippen LogP contribution in [0.2, 0.25) is 0 Å². The van der Waals surface area contributed by atoms with E-state index in [0.717, 1.165) is 42.9 Å². The van der Waals surface area contributed by atoms with Gasteiger partial charge in [0.2, 0.25) is 5.91 Å². The van der Waals surface area contributed by atoms with Crippen LogP contribution in [0.3, 0.4) is 0 Å². The Kier molecular flexibility index (Phi) is 2.88. The van der Waals surface area contributed by atoms with Gasteiger partial charge in [-0.3, -0.25) is 4.79 Å². The normalized spacial score (nSPS) is 23.9. The number of amides is 1.